The van der Waals surface area contributed by atoms with Gasteiger partial charge in [-0.05, 0) is 40.3 Å². The van der Waals surface area contributed by atoms with Crippen molar-refractivity contribution < 1.29 is 27.9 Å². The standard InChI is InChI=1S/C12H11F3INO3/c1-17(11(20)12(13,14)15)9(10(18)19)6-7-2-4-8(16)5-3-7/h2-5,9H,6H2,1H3,(H,18,19)/t9-/m0/s1. The average molecular weight is 401 g/mol. The lowest BCUT2D eigenvalue weighted by Crippen LogP contribution is -2.49. The lowest BCUT2D eigenvalue weighted by Gasteiger charge is -2.25. The van der Waals surface area contributed by atoms with Gasteiger partial charge in [0.25, 0.3) is 0 Å². The topological polar surface area (TPSA) is 57.6 Å². The van der Waals surface area contributed by atoms with Crippen LogP contribution in [0.25, 0.3) is 0 Å². The SMILES string of the molecule is CN(C(=O)C(F)(F)F)[C@@H](Cc1ccc(I)cc1)C(=O)O. The van der Waals surface area contributed by atoms with Gasteiger partial charge in [-0.3, -0.25) is 4.79 Å². The van der Waals surface area contributed by atoms with E-state index in [0.29, 0.717) is 5.56 Å². The zero-order valence-corrected chi connectivity index (χ0v) is 12.5. The molecule has 0 bridgehead atoms. The number of hydrogen-bond donors (Lipinski definition) is 1. The fourth-order valence-electron chi connectivity index (χ4n) is 1.58. The summed E-state index contributed by atoms with van der Waals surface area (Å²) >= 11 is 2.05. The van der Waals surface area contributed by atoms with Crippen LogP contribution < -0.4 is 0 Å². The Bertz CT molecular complexity index is 502. The highest BCUT2D eigenvalue weighted by molar-refractivity contribution is 14.1. The highest BCUT2D eigenvalue weighted by Crippen LogP contribution is 2.20. The van der Waals surface area contributed by atoms with E-state index in [-0.39, 0.29) is 11.3 Å². The van der Waals surface area contributed by atoms with Gasteiger partial charge < -0.3 is 10.0 Å². The lowest BCUT2D eigenvalue weighted by molar-refractivity contribution is -0.188. The quantitative estimate of drug-likeness (QED) is 0.789. The summed E-state index contributed by atoms with van der Waals surface area (Å²) in [6.07, 6.45) is -5.28. The summed E-state index contributed by atoms with van der Waals surface area (Å²) in [6, 6.07) is 5.08. The highest BCUT2D eigenvalue weighted by atomic mass is 127. The van der Waals surface area contributed by atoms with Gasteiger partial charge in [-0.15, -0.1) is 0 Å². The van der Waals surface area contributed by atoms with E-state index in [4.69, 9.17) is 5.11 Å². The molecule has 110 valence electrons. The van der Waals surface area contributed by atoms with Crippen LogP contribution in [0.5, 0.6) is 0 Å². The Morgan fingerprint density at radius 2 is 1.80 bits per heavy atom. The number of amides is 1. The maximum absolute atomic E-state index is 12.3. The van der Waals surface area contributed by atoms with Crippen molar-refractivity contribution in [3.63, 3.8) is 0 Å². The van der Waals surface area contributed by atoms with Crippen LogP contribution in [0.3, 0.4) is 0 Å². The summed E-state index contributed by atoms with van der Waals surface area (Å²) in [6.45, 7) is 0. The largest absolute Gasteiger partial charge is 0.480 e. The van der Waals surface area contributed by atoms with Gasteiger partial charge in [-0.1, -0.05) is 12.1 Å². The van der Waals surface area contributed by atoms with Gasteiger partial charge in [-0.25, -0.2) is 4.79 Å². The summed E-state index contributed by atoms with van der Waals surface area (Å²) in [7, 11) is 0.835. The average Bonchev–Trinajstić information content (AvgIpc) is 2.35. The summed E-state index contributed by atoms with van der Waals surface area (Å²) in [5.41, 5.74) is 0.541. The van der Waals surface area contributed by atoms with Crippen molar-refractivity contribution in [2.75, 3.05) is 7.05 Å². The first-order valence-electron chi connectivity index (χ1n) is 5.44. The normalized spacial score (nSPS) is 12.8. The minimum atomic E-state index is -5.09. The fourth-order valence-corrected chi connectivity index (χ4v) is 1.93. The molecule has 0 saturated heterocycles. The zero-order valence-electron chi connectivity index (χ0n) is 10.3. The first-order valence-corrected chi connectivity index (χ1v) is 6.52. The molecule has 1 atom stereocenters. The smallest absolute Gasteiger partial charge is 0.471 e. The van der Waals surface area contributed by atoms with Crippen molar-refractivity contribution in [1.82, 2.24) is 4.90 Å². The maximum Gasteiger partial charge on any atom is 0.471 e. The molecule has 1 aromatic rings. The fraction of sp³-hybridized carbons (Fsp3) is 0.333. The monoisotopic (exact) mass is 401 g/mol. The number of alkyl halides is 3. The molecule has 0 radical (unpaired) electrons. The van der Waals surface area contributed by atoms with E-state index in [2.05, 4.69) is 0 Å². The van der Waals surface area contributed by atoms with Gasteiger partial charge in [0.2, 0.25) is 0 Å². The van der Waals surface area contributed by atoms with E-state index in [9.17, 15) is 22.8 Å². The van der Waals surface area contributed by atoms with Crippen molar-refractivity contribution >= 4 is 34.5 Å². The Hall–Kier alpha value is -1.32. The van der Waals surface area contributed by atoms with Gasteiger partial charge in [-0.2, -0.15) is 13.2 Å². The second kappa shape index (κ2) is 6.42. The van der Waals surface area contributed by atoms with Crippen LogP contribution in [0, 0.1) is 3.57 Å². The molecule has 1 N–H and O–H groups in total. The van der Waals surface area contributed by atoms with Crippen LogP contribution in [0.1, 0.15) is 5.56 Å². The van der Waals surface area contributed by atoms with Crippen LogP contribution in [0.2, 0.25) is 0 Å². The molecule has 0 fully saturated rings. The van der Waals surface area contributed by atoms with E-state index < -0.39 is 24.1 Å². The van der Waals surface area contributed by atoms with Crippen LogP contribution in [0.4, 0.5) is 13.2 Å². The molecule has 0 aliphatic carbocycles. The number of carboxylic acid groups (broad SMARTS) is 1. The molecule has 0 saturated carbocycles. The number of benzene rings is 1. The second-order valence-electron chi connectivity index (χ2n) is 4.10. The molecule has 0 aliphatic heterocycles. The number of carbonyl (C=O) groups is 2. The summed E-state index contributed by atoms with van der Waals surface area (Å²) < 4.78 is 37.9. The van der Waals surface area contributed by atoms with Crippen LogP contribution in [-0.2, 0) is 16.0 Å². The number of carboxylic acids is 1. The van der Waals surface area contributed by atoms with Crippen molar-refractivity contribution in [3.8, 4) is 0 Å². The van der Waals surface area contributed by atoms with Crippen molar-refractivity contribution in [2.45, 2.75) is 18.6 Å². The number of nitrogens with zero attached hydrogens (tertiary/aromatic N) is 1. The minimum Gasteiger partial charge on any atom is -0.480 e. The molecule has 4 nitrogen and oxygen atoms in total. The molecule has 0 unspecified atom stereocenters. The van der Waals surface area contributed by atoms with E-state index in [1.165, 1.54) is 0 Å². The van der Waals surface area contributed by atoms with Gasteiger partial charge in [0.15, 0.2) is 0 Å². The second-order valence-corrected chi connectivity index (χ2v) is 5.34. The van der Waals surface area contributed by atoms with Crippen LogP contribution >= 0.6 is 22.6 Å². The first kappa shape index (κ1) is 16.7. The van der Waals surface area contributed by atoms with Gasteiger partial charge >= 0.3 is 18.1 Å². The van der Waals surface area contributed by atoms with Gasteiger partial charge in [0.1, 0.15) is 6.04 Å². The third-order valence-electron chi connectivity index (χ3n) is 2.66. The number of likely N-dealkylation sites (N-methyl/N-ethyl adjacent to an activating group) is 1. The summed E-state index contributed by atoms with van der Waals surface area (Å²) in [5, 5.41) is 9.01. The van der Waals surface area contributed by atoms with Gasteiger partial charge in [0.05, 0.1) is 0 Å². The number of halogens is 4. The zero-order chi connectivity index (χ0) is 15.5. The number of aliphatic carboxylic acids is 1. The maximum atomic E-state index is 12.3. The molecule has 0 aliphatic rings. The molecule has 0 aromatic heterocycles. The molecule has 1 aromatic carbocycles. The van der Waals surface area contributed by atoms with E-state index in [1.54, 1.807) is 24.3 Å². The third kappa shape index (κ3) is 4.36. The molecular weight excluding hydrogens is 390 g/mol. The number of hydrogen-bond acceptors (Lipinski definition) is 2. The van der Waals surface area contributed by atoms with E-state index >= 15 is 0 Å². The Morgan fingerprint density at radius 3 is 2.20 bits per heavy atom. The van der Waals surface area contributed by atoms with Crippen LogP contribution in [-0.4, -0.2) is 41.1 Å². The lowest BCUT2D eigenvalue weighted by atomic mass is 10.0. The molecular formula is C12H11F3INO3. The Balaban J connectivity index is 2.92. The first-order chi connectivity index (χ1) is 9.12. The predicted molar refractivity (Wildman–Crippen MR) is 73.1 cm³/mol. The summed E-state index contributed by atoms with van der Waals surface area (Å²) in [4.78, 5) is 22.4. The van der Waals surface area contributed by atoms with Crippen molar-refractivity contribution in [3.05, 3.63) is 33.4 Å². The third-order valence-corrected chi connectivity index (χ3v) is 3.38. The van der Waals surface area contributed by atoms with Crippen LogP contribution in [0.15, 0.2) is 24.3 Å². The Morgan fingerprint density at radius 1 is 1.30 bits per heavy atom. The predicted octanol–water partition coefficient (Wildman–Crippen LogP) is 2.31. The molecule has 8 heteroatoms. The highest BCUT2D eigenvalue weighted by Gasteiger charge is 2.44. The van der Waals surface area contributed by atoms with Crippen molar-refractivity contribution in [2.24, 2.45) is 0 Å². The van der Waals surface area contributed by atoms with E-state index in [0.717, 1.165) is 10.6 Å². The molecule has 1 rings (SSSR count). The Kier molecular flexibility index (Phi) is 5.37. The Labute approximate surface area is 126 Å². The molecule has 20 heavy (non-hydrogen) atoms. The van der Waals surface area contributed by atoms with Gasteiger partial charge in [0, 0.05) is 17.0 Å². The summed E-state index contributed by atoms with van der Waals surface area (Å²) in [5.74, 6) is -3.65. The molecule has 0 heterocycles. The van der Waals surface area contributed by atoms with Crippen molar-refractivity contribution in [1.29, 1.82) is 0 Å². The molecule has 1 amide bonds. The molecule has 0 spiro atoms. The number of rotatable bonds is 4. The number of carbonyl (C=O) groups excluding carboxylic acids is 1. The minimum absolute atomic E-state index is 0.190. The van der Waals surface area contributed by atoms with E-state index in [1.807, 2.05) is 22.6 Å².